The standard InChI is InChI=1S/C14H15N5O2/c1-9-3-4-11(12(5-9)20-2)14-17-13(21-18-14)8-19-7-10(15)6-16-19/h3-7H,8,15H2,1-2H3. The summed E-state index contributed by atoms with van der Waals surface area (Å²) >= 11 is 0. The van der Waals surface area contributed by atoms with Gasteiger partial charge >= 0.3 is 0 Å². The van der Waals surface area contributed by atoms with Crippen LogP contribution in [0, 0.1) is 6.92 Å². The van der Waals surface area contributed by atoms with E-state index in [4.69, 9.17) is 15.0 Å². The molecule has 7 nitrogen and oxygen atoms in total. The van der Waals surface area contributed by atoms with E-state index in [0.717, 1.165) is 11.1 Å². The number of hydrogen-bond donors (Lipinski definition) is 1. The number of rotatable bonds is 4. The molecule has 3 rings (SSSR count). The van der Waals surface area contributed by atoms with Gasteiger partial charge in [-0.15, -0.1) is 0 Å². The van der Waals surface area contributed by atoms with E-state index in [9.17, 15) is 0 Å². The van der Waals surface area contributed by atoms with Gasteiger partial charge in [0.15, 0.2) is 0 Å². The second-order valence-corrected chi connectivity index (χ2v) is 4.69. The van der Waals surface area contributed by atoms with E-state index in [2.05, 4.69) is 15.2 Å². The van der Waals surface area contributed by atoms with Gasteiger partial charge in [0, 0.05) is 6.20 Å². The van der Waals surface area contributed by atoms with Crippen LogP contribution in [-0.4, -0.2) is 27.0 Å². The average molecular weight is 285 g/mol. The molecule has 0 aliphatic carbocycles. The van der Waals surface area contributed by atoms with E-state index in [0.29, 0.717) is 29.7 Å². The van der Waals surface area contributed by atoms with Gasteiger partial charge in [0.2, 0.25) is 11.7 Å². The first-order valence-corrected chi connectivity index (χ1v) is 6.41. The zero-order chi connectivity index (χ0) is 14.8. The molecule has 0 atom stereocenters. The van der Waals surface area contributed by atoms with Gasteiger partial charge in [0.25, 0.3) is 0 Å². The molecule has 0 saturated carbocycles. The number of methoxy groups -OCH3 is 1. The van der Waals surface area contributed by atoms with E-state index in [1.165, 1.54) is 0 Å². The van der Waals surface area contributed by atoms with Gasteiger partial charge in [0.1, 0.15) is 12.3 Å². The predicted octanol–water partition coefficient (Wildman–Crippen LogP) is 1.88. The Morgan fingerprint density at radius 3 is 2.95 bits per heavy atom. The van der Waals surface area contributed by atoms with Crippen LogP contribution in [0.4, 0.5) is 5.69 Å². The van der Waals surface area contributed by atoms with Crippen molar-refractivity contribution in [3.8, 4) is 17.1 Å². The third kappa shape index (κ3) is 2.71. The van der Waals surface area contributed by atoms with Gasteiger partial charge < -0.3 is 15.0 Å². The summed E-state index contributed by atoms with van der Waals surface area (Å²) in [5.74, 6) is 1.66. The van der Waals surface area contributed by atoms with Crippen LogP contribution >= 0.6 is 0 Å². The molecular formula is C14H15N5O2. The van der Waals surface area contributed by atoms with E-state index in [1.54, 1.807) is 24.2 Å². The maximum absolute atomic E-state index is 5.61. The van der Waals surface area contributed by atoms with Crippen LogP contribution in [0.1, 0.15) is 11.5 Å². The fraction of sp³-hybridized carbons (Fsp3) is 0.214. The number of nitrogen functional groups attached to an aromatic ring is 1. The van der Waals surface area contributed by atoms with Gasteiger partial charge in [-0.1, -0.05) is 11.2 Å². The molecule has 0 amide bonds. The third-order valence-corrected chi connectivity index (χ3v) is 3.02. The fourth-order valence-electron chi connectivity index (χ4n) is 2.02. The SMILES string of the molecule is COc1cc(C)ccc1-c1noc(Cn2cc(N)cn2)n1. The number of aromatic nitrogens is 4. The smallest absolute Gasteiger partial charge is 0.248 e. The second-order valence-electron chi connectivity index (χ2n) is 4.69. The molecule has 0 radical (unpaired) electrons. The average Bonchev–Trinajstić information content (AvgIpc) is 3.08. The highest BCUT2D eigenvalue weighted by Crippen LogP contribution is 2.28. The molecule has 0 unspecified atom stereocenters. The molecule has 0 aliphatic rings. The quantitative estimate of drug-likeness (QED) is 0.786. The normalized spacial score (nSPS) is 10.8. The van der Waals surface area contributed by atoms with Crippen molar-refractivity contribution in [1.29, 1.82) is 0 Å². The molecule has 3 aromatic rings. The summed E-state index contributed by atoms with van der Waals surface area (Å²) in [6, 6.07) is 5.82. The molecule has 0 saturated heterocycles. The number of hydrogen-bond acceptors (Lipinski definition) is 6. The Morgan fingerprint density at radius 2 is 2.24 bits per heavy atom. The minimum atomic E-state index is 0.373. The molecule has 108 valence electrons. The number of anilines is 1. The summed E-state index contributed by atoms with van der Waals surface area (Å²) in [5.41, 5.74) is 8.10. The van der Waals surface area contributed by atoms with Crippen molar-refractivity contribution in [3.63, 3.8) is 0 Å². The van der Waals surface area contributed by atoms with E-state index < -0.39 is 0 Å². The molecule has 21 heavy (non-hydrogen) atoms. The Kier molecular flexibility index (Phi) is 3.31. The molecule has 2 heterocycles. The highest BCUT2D eigenvalue weighted by Gasteiger charge is 2.14. The molecule has 0 fully saturated rings. The molecule has 7 heteroatoms. The topological polar surface area (TPSA) is 92.0 Å². The van der Waals surface area contributed by atoms with Crippen LogP contribution in [0.25, 0.3) is 11.4 Å². The van der Waals surface area contributed by atoms with Crippen LogP contribution in [0.5, 0.6) is 5.75 Å². The van der Waals surface area contributed by atoms with Crippen LogP contribution in [0.15, 0.2) is 35.1 Å². The van der Waals surface area contributed by atoms with Crippen molar-refractivity contribution in [2.45, 2.75) is 13.5 Å². The minimum absolute atomic E-state index is 0.373. The van der Waals surface area contributed by atoms with Crippen molar-refractivity contribution in [1.82, 2.24) is 19.9 Å². The zero-order valence-corrected chi connectivity index (χ0v) is 11.8. The Balaban J connectivity index is 1.88. The van der Waals surface area contributed by atoms with Gasteiger partial charge in [-0.2, -0.15) is 10.1 Å². The number of nitrogens with two attached hydrogens (primary N) is 1. The van der Waals surface area contributed by atoms with Crippen LogP contribution in [0.2, 0.25) is 0 Å². The fourth-order valence-corrected chi connectivity index (χ4v) is 2.02. The molecule has 2 aromatic heterocycles. The maximum atomic E-state index is 5.61. The lowest BCUT2D eigenvalue weighted by Crippen LogP contribution is -2.00. The van der Waals surface area contributed by atoms with Crippen molar-refractivity contribution in [3.05, 3.63) is 42.0 Å². The maximum Gasteiger partial charge on any atom is 0.248 e. The van der Waals surface area contributed by atoms with Crippen molar-refractivity contribution in [2.75, 3.05) is 12.8 Å². The molecule has 0 bridgehead atoms. The van der Waals surface area contributed by atoms with Crippen LogP contribution in [0.3, 0.4) is 0 Å². The second kappa shape index (κ2) is 5.28. The largest absolute Gasteiger partial charge is 0.496 e. The van der Waals surface area contributed by atoms with Gasteiger partial charge in [-0.3, -0.25) is 4.68 Å². The molecule has 1 aromatic carbocycles. The summed E-state index contributed by atoms with van der Waals surface area (Å²) in [6.07, 6.45) is 3.27. The molecule has 0 aliphatic heterocycles. The Labute approximate surface area is 121 Å². The number of ether oxygens (including phenoxy) is 1. The van der Waals surface area contributed by atoms with Crippen LogP contribution < -0.4 is 10.5 Å². The van der Waals surface area contributed by atoms with E-state index >= 15 is 0 Å². The summed E-state index contributed by atoms with van der Waals surface area (Å²) in [7, 11) is 1.62. The number of benzene rings is 1. The zero-order valence-electron chi connectivity index (χ0n) is 11.8. The van der Waals surface area contributed by atoms with Gasteiger partial charge in [0.05, 0.1) is 24.6 Å². The number of nitrogens with zero attached hydrogens (tertiary/aromatic N) is 4. The highest BCUT2D eigenvalue weighted by atomic mass is 16.5. The van der Waals surface area contributed by atoms with E-state index in [1.807, 2.05) is 25.1 Å². The lowest BCUT2D eigenvalue weighted by Gasteiger charge is -2.05. The number of aryl methyl sites for hydroxylation is 1. The first kappa shape index (κ1) is 13.2. The highest BCUT2D eigenvalue weighted by molar-refractivity contribution is 5.64. The summed E-state index contributed by atoms with van der Waals surface area (Å²) < 4.78 is 12.2. The van der Waals surface area contributed by atoms with Crippen molar-refractivity contribution < 1.29 is 9.26 Å². The van der Waals surface area contributed by atoms with Crippen LogP contribution in [-0.2, 0) is 6.54 Å². The third-order valence-electron chi connectivity index (χ3n) is 3.02. The first-order chi connectivity index (χ1) is 10.2. The summed E-state index contributed by atoms with van der Waals surface area (Å²) in [5, 5.41) is 8.07. The molecule has 0 spiro atoms. The first-order valence-electron chi connectivity index (χ1n) is 6.41. The Bertz CT molecular complexity index is 762. The van der Waals surface area contributed by atoms with Crippen molar-refractivity contribution in [2.24, 2.45) is 0 Å². The summed E-state index contributed by atoms with van der Waals surface area (Å²) in [6.45, 7) is 2.37. The van der Waals surface area contributed by atoms with Gasteiger partial charge in [-0.25, -0.2) is 0 Å². The molecular weight excluding hydrogens is 270 g/mol. The molecule has 2 N–H and O–H groups in total. The monoisotopic (exact) mass is 285 g/mol. The minimum Gasteiger partial charge on any atom is -0.496 e. The van der Waals surface area contributed by atoms with Crippen molar-refractivity contribution >= 4 is 5.69 Å². The van der Waals surface area contributed by atoms with E-state index in [-0.39, 0.29) is 0 Å². The summed E-state index contributed by atoms with van der Waals surface area (Å²) in [4.78, 5) is 4.36. The van der Waals surface area contributed by atoms with Gasteiger partial charge in [-0.05, 0) is 24.6 Å². The Hall–Kier alpha value is -2.83. The predicted molar refractivity (Wildman–Crippen MR) is 76.8 cm³/mol. The lowest BCUT2D eigenvalue weighted by molar-refractivity contribution is 0.365. The lowest BCUT2D eigenvalue weighted by atomic mass is 10.1. The Morgan fingerprint density at radius 1 is 1.38 bits per heavy atom.